The highest BCUT2D eigenvalue weighted by atomic mass is 79.9. The smallest absolute Gasteiger partial charge is 0.265 e. The van der Waals surface area contributed by atoms with Crippen molar-refractivity contribution in [2.75, 3.05) is 13.1 Å². The minimum absolute atomic E-state index is 0.119. The third-order valence-electron chi connectivity index (χ3n) is 3.43. The first-order valence-electron chi connectivity index (χ1n) is 5.89. The third-order valence-corrected chi connectivity index (χ3v) is 5.26. The van der Waals surface area contributed by atoms with Crippen molar-refractivity contribution < 1.29 is 4.79 Å². The van der Waals surface area contributed by atoms with Gasteiger partial charge in [0.2, 0.25) is 0 Å². The van der Waals surface area contributed by atoms with E-state index in [-0.39, 0.29) is 11.9 Å². The zero-order valence-electron chi connectivity index (χ0n) is 9.86. The molecule has 0 radical (unpaired) electrons. The van der Waals surface area contributed by atoms with Crippen LogP contribution in [-0.2, 0) is 0 Å². The Morgan fingerprint density at radius 1 is 1.71 bits per heavy atom. The van der Waals surface area contributed by atoms with Crippen molar-refractivity contribution in [1.29, 1.82) is 0 Å². The quantitative estimate of drug-likeness (QED) is 0.911. The van der Waals surface area contributed by atoms with Crippen molar-refractivity contribution >= 4 is 33.2 Å². The largest absolute Gasteiger partial charge is 0.333 e. The number of carbonyl (C=O) groups is 1. The number of hydrogen-bond donors (Lipinski definition) is 1. The first-order valence-corrected chi connectivity index (χ1v) is 7.56. The maximum absolute atomic E-state index is 12.4. The molecule has 1 saturated heterocycles. The summed E-state index contributed by atoms with van der Waals surface area (Å²) in [7, 11) is 0. The van der Waals surface area contributed by atoms with Crippen LogP contribution in [0.15, 0.2) is 15.9 Å². The van der Waals surface area contributed by atoms with Crippen LogP contribution in [0.2, 0.25) is 0 Å². The number of nitrogens with zero attached hydrogens (tertiary/aromatic N) is 1. The van der Waals surface area contributed by atoms with E-state index in [0.29, 0.717) is 12.5 Å². The second kappa shape index (κ2) is 5.50. The summed E-state index contributed by atoms with van der Waals surface area (Å²) in [5.41, 5.74) is 5.81. The molecule has 0 spiro atoms. The molecule has 0 aromatic carbocycles. The van der Waals surface area contributed by atoms with Crippen molar-refractivity contribution in [2.45, 2.75) is 25.8 Å². The van der Waals surface area contributed by atoms with Gasteiger partial charge < -0.3 is 10.6 Å². The van der Waals surface area contributed by atoms with Gasteiger partial charge >= 0.3 is 0 Å². The van der Waals surface area contributed by atoms with Crippen LogP contribution >= 0.6 is 27.3 Å². The van der Waals surface area contributed by atoms with Crippen LogP contribution in [0.5, 0.6) is 0 Å². The predicted octanol–water partition coefficient (Wildman–Crippen LogP) is 2.71. The van der Waals surface area contributed by atoms with Gasteiger partial charge in [-0.2, -0.15) is 0 Å². The molecule has 1 aliphatic heterocycles. The lowest BCUT2D eigenvalue weighted by molar-refractivity contribution is 0.0536. The molecule has 2 rings (SSSR count). The van der Waals surface area contributed by atoms with Crippen LogP contribution in [0.1, 0.15) is 29.4 Å². The van der Waals surface area contributed by atoms with Gasteiger partial charge in [0.15, 0.2) is 0 Å². The lowest BCUT2D eigenvalue weighted by Gasteiger charge is -2.39. The van der Waals surface area contributed by atoms with Gasteiger partial charge in [0.25, 0.3) is 5.91 Å². The molecule has 2 heterocycles. The lowest BCUT2D eigenvalue weighted by atomic mass is 9.90. The van der Waals surface area contributed by atoms with Crippen molar-refractivity contribution in [3.05, 3.63) is 20.8 Å². The molecule has 0 saturated carbocycles. The number of nitrogens with two attached hydrogens (primary N) is 1. The van der Waals surface area contributed by atoms with Crippen molar-refractivity contribution in [3.8, 4) is 0 Å². The zero-order chi connectivity index (χ0) is 12.4. The number of piperidine rings is 1. The summed E-state index contributed by atoms with van der Waals surface area (Å²) >= 11 is 4.91. The fraction of sp³-hybridized carbons (Fsp3) is 0.583. The van der Waals surface area contributed by atoms with E-state index in [2.05, 4.69) is 22.9 Å². The third kappa shape index (κ3) is 2.56. The van der Waals surface area contributed by atoms with E-state index >= 15 is 0 Å². The van der Waals surface area contributed by atoms with Gasteiger partial charge in [0.05, 0.1) is 0 Å². The molecule has 1 aromatic rings. The summed E-state index contributed by atoms with van der Waals surface area (Å²) < 4.78 is 0.890. The summed E-state index contributed by atoms with van der Waals surface area (Å²) in [6.45, 7) is 3.56. The number of halogens is 1. The summed E-state index contributed by atoms with van der Waals surface area (Å²) in [6.07, 6.45) is 2.24. The fourth-order valence-corrected chi connectivity index (χ4v) is 3.93. The highest BCUT2D eigenvalue weighted by Crippen LogP contribution is 2.29. The lowest BCUT2D eigenvalue weighted by Crippen LogP contribution is -2.51. The Morgan fingerprint density at radius 2 is 2.47 bits per heavy atom. The van der Waals surface area contributed by atoms with E-state index in [1.807, 2.05) is 16.3 Å². The van der Waals surface area contributed by atoms with Gasteiger partial charge in [-0.25, -0.2) is 0 Å². The molecule has 2 atom stereocenters. The standard InChI is InChI=1S/C12H17BrN2OS/c1-8-3-2-5-15(10(8)7-14)12(16)11-9(13)4-6-17-11/h4,6,8,10H,2-3,5,7,14H2,1H3. The SMILES string of the molecule is CC1CCCN(C(=O)c2sccc2Br)C1CN. The first kappa shape index (κ1) is 13.1. The molecule has 0 aliphatic carbocycles. The number of likely N-dealkylation sites (tertiary alicyclic amines) is 1. The van der Waals surface area contributed by atoms with Gasteiger partial charge in [0, 0.05) is 23.6 Å². The van der Waals surface area contributed by atoms with Gasteiger partial charge in [-0.15, -0.1) is 11.3 Å². The highest BCUT2D eigenvalue weighted by Gasteiger charge is 2.32. The minimum Gasteiger partial charge on any atom is -0.333 e. The summed E-state index contributed by atoms with van der Waals surface area (Å²) in [4.78, 5) is 15.2. The summed E-state index contributed by atoms with van der Waals surface area (Å²) in [5, 5.41) is 1.93. The van der Waals surface area contributed by atoms with Crippen LogP contribution in [0.25, 0.3) is 0 Å². The Hall–Kier alpha value is -0.390. The van der Waals surface area contributed by atoms with Crippen LogP contribution < -0.4 is 5.73 Å². The van der Waals surface area contributed by atoms with Crippen molar-refractivity contribution in [3.63, 3.8) is 0 Å². The number of thiophene rings is 1. The molecule has 1 fully saturated rings. The maximum atomic E-state index is 12.4. The monoisotopic (exact) mass is 316 g/mol. The second-order valence-corrected chi connectivity index (χ2v) is 6.29. The first-order chi connectivity index (χ1) is 8.15. The fourth-order valence-electron chi connectivity index (χ4n) is 2.44. The molecule has 5 heteroatoms. The molecule has 1 aromatic heterocycles. The molecule has 1 aliphatic rings. The molecular formula is C12H17BrN2OS. The molecular weight excluding hydrogens is 300 g/mol. The van der Waals surface area contributed by atoms with Crippen LogP contribution in [-0.4, -0.2) is 29.9 Å². The Balaban J connectivity index is 2.21. The molecule has 2 N–H and O–H groups in total. The van der Waals surface area contributed by atoms with E-state index in [1.54, 1.807) is 0 Å². The van der Waals surface area contributed by atoms with Gasteiger partial charge in [-0.3, -0.25) is 4.79 Å². The van der Waals surface area contributed by atoms with E-state index in [0.717, 1.165) is 28.7 Å². The second-order valence-electron chi connectivity index (χ2n) is 4.52. The maximum Gasteiger partial charge on any atom is 0.265 e. The molecule has 1 amide bonds. The average molecular weight is 317 g/mol. The summed E-state index contributed by atoms with van der Waals surface area (Å²) in [5.74, 6) is 0.616. The Bertz CT molecular complexity index is 407. The van der Waals surface area contributed by atoms with Crippen LogP contribution in [0.4, 0.5) is 0 Å². The average Bonchev–Trinajstić information content (AvgIpc) is 2.74. The topological polar surface area (TPSA) is 46.3 Å². The summed E-state index contributed by atoms with van der Waals surface area (Å²) in [6, 6.07) is 2.10. The van der Waals surface area contributed by atoms with Crippen molar-refractivity contribution in [1.82, 2.24) is 4.90 Å². The number of amides is 1. The highest BCUT2D eigenvalue weighted by molar-refractivity contribution is 9.10. The number of hydrogen-bond acceptors (Lipinski definition) is 3. The van der Waals surface area contributed by atoms with E-state index in [9.17, 15) is 4.79 Å². The predicted molar refractivity (Wildman–Crippen MR) is 74.3 cm³/mol. The zero-order valence-corrected chi connectivity index (χ0v) is 12.3. The molecule has 94 valence electrons. The molecule has 3 nitrogen and oxygen atoms in total. The Morgan fingerprint density at radius 3 is 3.06 bits per heavy atom. The Labute approximate surface area is 114 Å². The molecule has 0 bridgehead atoms. The van der Waals surface area contributed by atoms with Gasteiger partial charge in [-0.05, 0) is 46.1 Å². The molecule has 2 unspecified atom stereocenters. The van der Waals surface area contributed by atoms with Crippen LogP contribution in [0.3, 0.4) is 0 Å². The number of rotatable bonds is 2. The van der Waals surface area contributed by atoms with Crippen LogP contribution in [0, 0.1) is 5.92 Å². The number of carbonyl (C=O) groups excluding carboxylic acids is 1. The molecule has 17 heavy (non-hydrogen) atoms. The van der Waals surface area contributed by atoms with E-state index in [1.165, 1.54) is 11.3 Å². The van der Waals surface area contributed by atoms with Gasteiger partial charge in [0.1, 0.15) is 4.88 Å². The van der Waals surface area contributed by atoms with E-state index in [4.69, 9.17) is 5.73 Å². The van der Waals surface area contributed by atoms with Crippen molar-refractivity contribution in [2.24, 2.45) is 11.7 Å². The van der Waals surface area contributed by atoms with E-state index < -0.39 is 0 Å². The van der Waals surface area contributed by atoms with Gasteiger partial charge in [-0.1, -0.05) is 6.92 Å². The minimum atomic E-state index is 0.119. The Kier molecular flexibility index (Phi) is 4.22. The normalized spacial score (nSPS) is 25.0.